The van der Waals surface area contributed by atoms with Gasteiger partial charge in [0.05, 0.1) is 13.2 Å². The van der Waals surface area contributed by atoms with E-state index in [1.165, 1.54) is 0 Å². The Kier molecular flexibility index (Phi) is 3.08. The number of hydrogen-bond donors (Lipinski definition) is 0. The molecule has 0 N–H and O–H groups in total. The van der Waals surface area contributed by atoms with Crippen LogP contribution in [0.15, 0.2) is 12.3 Å². The van der Waals surface area contributed by atoms with Crippen LogP contribution >= 0.6 is 0 Å². The lowest BCUT2D eigenvalue weighted by Crippen LogP contribution is -2.21. The molecule has 0 aromatic carbocycles. The highest BCUT2D eigenvalue weighted by Gasteiger charge is 2.26. The summed E-state index contributed by atoms with van der Waals surface area (Å²) >= 11 is 0. The molecular formula is C12H16N2O2. The maximum Gasteiger partial charge on any atom is 0.213 e. The third-order valence-electron chi connectivity index (χ3n) is 3.12. The second kappa shape index (κ2) is 4.51. The van der Waals surface area contributed by atoms with Gasteiger partial charge >= 0.3 is 0 Å². The standard InChI is InChI=1S/C12H16N2O2/c1-9-6-12(16-2)13-7-10(9)11-4-3-5-14(11)8-15/h6-8,11H,3-5H2,1-2H3/t11-/m1/s1. The zero-order chi connectivity index (χ0) is 11.5. The van der Waals surface area contributed by atoms with Crippen molar-refractivity contribution in [1.82, 2.24) is 9.88 Å². The summed E-state index contributed by atoms with van der Waals surface area (Å²) in [5.41, 5.74) is 2.26. The quantitative estimate of drug-likeness (QED) is 0.728. The van der Waals surface area contributed by atoms with E-state index in [-0.39, 0.29) is 6.04 Å². The zero-order valence-corrected chi connectivity index (χ0v) is 9.64. The zero-order valence-electron chi connectivity index (χ0n) is 9.64. The van der Waals surface area contributed by atoms with E-state index in [1.54, 1.807) is 7.11 Å². The predicted molar refractivity (Wildman–Crippen MR) is 60.3 cm³/mol. The van der Waals surface area contributed by atoms with E-state index in [4.69, 9.17) is 4.74 Å². The Bertz CT molecular complexity index is 393. The topological polar surface area (TPSA) is 42.4 Å². The van der Waals surface area contributed by atoms with Gasteiger partial charge in [-0.05, 0) is 30.9 Å². The average Bonchev–Trinajstić information content (AvgIpc) is 2.76. The predicted octanol–water partition coefficient (Wildman–Crippen LogP) is 1.69. The van der Waals surface area contributed by atoms with Gasteiger partial charge in [-0.25, -0.2) is 4.98 Å². The molecule has 0 bridgehead atoms. The summed E-state index contributed by atoms with van der Waals surface area (Å²) in [5, 5.41) is 0. The molecular weight excluding hydrogens is 204 g/mol. The minimum atomic E-state index is 0.191. The summed E-state index contributed by atoms with van der Waals surface area (Å²) in [7, 11) is 1.61. The number of aryl methyl sites for hydroxylation is 1. The van der Waals surface area contributed by atoms with E-state index < -0.39 is 0 Å². The number of hydrogen-bond acceptors (Lipinski definition) is 3. The first-order valence-corrected chi connectivity index (χ1v) is 5.48. The molecule has 1 aromatic rings. The van der Waals surface area contributed by atoms with Gasteiger partial charge in [-0.15, -0.1) is 0 Å². The summed E-state index contributed by atoms with van der Waals surface area (Å²) in [6.45, 7) is 2.88. The summed E-state index contributed by atoms with van der Waals surface area (Å²) in [6, 6.07) is 2.10. The highest BCUT2D eigenvalue weighted by atomic mass is 16.5. The maximum absolute atomic E-state index is 10.9. The fraction of sp³-hybridized carbons (Fsp3) is 0.500. The Labute approximate surface area is 95.2 Å². The number of aromatic nitrogens is 1. The number of rotatable bonds is 3. The van der Waals surface area contributed by atoms with E-state index in [2.05, 4.69) is 4.98 Å². The van der Waals surface area contributed by atoms with Gasteiger partial charge in [0.2, 0.25) is 12.3 Å². The van der Waals surface area contributed by atoms with Gasteiger partial charge in [0.1, 0.15) is 0 Å². The second-order valence-corrected chi connectivity index (χ2v) is 4.08. The summed E-state index contributed by atoms with van der Waals surface area (Å²) in [6.07, 6.45) is 4.84. The lowest BCUT2D eigenvalue weighted by molar-refractivity contribution is -0.118. The largest absolute Gasteiger partial charge is 0.481 e. The highest BCUT2D eigenvalue weighted by Crippen LogP contribution is 2.32. The fourth-order valence-corrected chi connectivity index (χ4v) is 2.25. The third-order valence-corrected chi connectivity index (χ3v) is 3.12. The molecule has 0 spiro atoms. The molecule has 16 heavy (non-hydrogen) atoms. The monoisotopic (exact) mass is 220 g/mol. The van der Waals surface area contributed by atoms with E-state index in [0.29, 0.717) is 5.88 Å². The summed E-state index contributed by atoms with van der Waals surface area (Å²) in [5.74, 6) is 0.622. The van der Waals surface area contributed by atoms with E-state index in [0.717, 1.165) is 36.9 Å². The first-order chi connectivity index (χ1) is 7.76. The number of ether oxygens (including phenoxy) is 1. The molecule has 1 saturated heterocycles. The average molecular weight is 220 g/mol. The lowest BCUT2D eigenvalue weighted by atomic mass is 10.0. The molecule has 4 nitrogen and oxygen atoms in total. The molecule has 4 heteroatoms. The van der Waals surface area contributed by atoms with Crippen LogP contribution in [0.4, 0.5) is 0 Å². The van der Waals surface area contributed by atoms with Crippen LogP contribution in [0.3, 0.4) is 0 Å². The van der Waals surface area contributed by atoms with Gasteiger partial charge in [0, 0.05) is 18.8 Å². The summed E-state index contributed by atoms with van der Waals surface area (Å²) in [4.78, 5) is 17.0. The van der Waals surface area contributed by atoms with Crippen LogP contribution in [0.5, 0.6) is 5.88 Å². The molecule has 0 radical (unpaired) electrons. The van der Waals surface area contributed by atoms with Gasteiger partial charge in [0.25, 0.3) is 0 Å². The van der Waals surface area contributed by atoms with Gasteiger partial charge in [-0.3, -0.25) is 4.79 Å². The molecule has 1 amide bonds. The molecule has 86 valence electrons. The number of amides is 1. The number of nitrogens with zero attached hydrogens (tertiary/aromatic N) is 2. The number of pyridine rings is 1. The van der Waals surface area contributed by atoms with Crippen molar-refractivity contribution < 1.29 is 9.53 Å². The Morgan fingerprint density at radius 2 is 2.44 bits per heavy atom. The van der Waals surface area contributed by atoms with Crippen molar-refractivity contribution in [2.24, 2.45) is 0 Å². The highest BCUT2D eigenvalue weighted by molar-refractivity contribution is 5.50. The van der Waals surface area contributed by atoms with Gasteiger partial charge < -0.3 is 9.64 Å². The Morgan fingerprint density at radius 1 is 1.62 bits per heavy atom. The first-order valence-electron chi connectivity index (χ1n) is 5.48. The number of carbonyl (C=O) groups is 1. The molecule has 1 aromatic heterocycles. The van der Waals surface area contributed by atoms with Crippen molar-refractivity contribution in [1.29, 1.82) is 0 Å². The van der Waals surface area contributed by atoms with Crippen molar-refractivity contribution in [3.05, 3.63) is 23.4 Å². The Hall–Kier alpha value is -1.58. The molecule has 1 fully saturated rings. The first kappa shape index (κ1) is 10.9. The number of likely N-dealkylation sites (tertiary alicyclic amines) is 1. The Morgan fingerprint density at radius 3 is 3.06 bits per heavy atom. The van der Waals surface area contributed by atoms with Crippen molar-refractivity contribution in [2.45, 2.75) is 25.8 Å². The third kappa shape index (κ3) is 1.87. The molecule has 1 aliphatic heterocycles. The minimum Gasteiger partial charge on any atom is -0.481 e. The molecule has 1 aliphatic rings. The summed E-state index contributed by atoms with van der Waals surface area (Å²) < 4.78 is 5.07. The molecule has 1 atom stereocenters. The van der Waals surface area contributed by atoms with E-state index >= 15 is 0 Å². The fourth-order valence-electron chi connectivity index (χ4n) is 2.25. The molecule has 0 unspecified atom stereocenters. The SMILES string of the molecule is COc1cc(C)c([C@H]2CCCN2C=O)cn1. The molecule has 0 saturated carbocycles. The van der Waals surface area contributed by atoms with Crippen LogP contribution in [0, 0.1) is 6.92 Å². The molecule has 2 heterocycles. The smallest absolute Gasteiger partial charge is 0.213 e. The van der Waals surface area contributed by atoms with Crippen molar-refractivity contribution in [2.75, 3.05) is 13.7 Å². The normalized spacial score (nSPS) is 19.9. The van der Waals surface area contributed by atoms with Crippen LogP contribution in [0.1, 0.15) is 30.0 Å². The molecule has 2 rings (SSSR count). The van der Waals surface area contributed by atoms with Crippen LogP contribution in [0.25, 0.3) is 0 Å². The van der Waals surface area contributed by atoms with Crippen LogP contribution in [-0.2, 0) is 4.79 Å². The Balaban J connectivity index is 2.29. The van der Waals surface area contributed by atoms with E-state index in [9.17, 15) is 4.79 Å². The number of methoxy groups -OCH3 is 1. The van der Waals surface area contributed by atoms with Gasteiger partial charge in [0.15, 0.2) is 0 Å². The van der Waals surface area contributed by atoms with Gasteiger partial charge in [-0.2, -0.15) is 0 Å². The van der Waals surface area contributed by atoms with Crippen LogP contribution in [-0.4, -0.2) is 29.9 Å². The van der Waals surface area contributed by atoms with Gasteiger partial charge in [-0.1, -0.05) is 0 Å². The molecule has 0 aliphatic carbocycles. The maximum atomic E-state index is 10.9. The van der Waals surface area contributed by atoms with Crippen LogP contribution in [0.2, 0.25) is 0 Å². The van der Waals surface area contributed by atoms with Crippen molar-refractivity contribution >= 4 is 6.41 Å². The van der Waals surface area contributed by atoms with E-state index in [1.807, 2.05) is 24.1 Å². The van der Waals surface area contributed by atoms with Crippen molar-refractivity contribution in [3.63, 3.8) is 0 Å². The lowest BCUT2D eigenvalue weighted by Gasteiger charge is -2.21. The van der Waals surface area contributed by atoms with Crippen LogP contribution < -0.4 is 4.74 Å². The number of carbonyl (C=O) groups excluding carboxylic acids is 1. The second-order valence-electron chi connectivity index (χ2n) is 4.08. The minimum absolute atomic E-state index is 0.191. The van der Waals surface area contributed by atoms with Crippen molar-refractivity contribution in [3.8, 4) is 5.88 Å².